The van der Waals surface area contributed by atoms with E-state index in [2.05, 4.69) is 30.9 Å². The minimum Gasteiger partial charge on any atom is -0.370 e. The van der Waals surface area contributed by atoms with Crippen molar-refractivity contribution in [3.05, 3.63) is 28.8 Å². The highest BCUT2D eigenvalue weighted by Crippen LogP contribution is 2.32. The minimum absolute atomic E-state index is 0.0377. The van der Waals surface area contributed by atoms with E-state index in [0.29, 0.717) is 0 Å². The van der Waals surface area contributed by atoms with Crippen LogP contribution in [0.1, 0.15) is 38.8 Å². The molecule has 0 aromatic heterocycles. The number of nitrogens with zero attached hydrogens (tertiary/aromatic N) is 1. The smallest absolute Gasteiger partial charge is 0.0642 e. The van der Waals surface area contributed by atoms with Crippen molar-refractivity contribution in [1.29, 1.82) is 0 Å². The molecular formula is C15H23ClN2. The molecule has 0 spiro atoms. The van der Waals surface area contributed by atoms with Gasteiger partial charge in [0.25, 0.3) is 0 Å². The van der Waals surface area contributed by atoms with Gasteiger partial charge in [0.15, 0.2) is 0 Å². The van der Waals surface area contributed by atoms with Crippen LogP contribution in [-0.2, 0) is 0 Å². The predicted octanol–water partition coefficient (Wildman–Crippen LogP) is 3.84. The third-order valence-electron chi connectivity index (χ3n) is 3.71. The number of anilines is 1. The Morgan fingerprint density at radius 2 is 1.89 bits per heavy atom. The number of halogens is 1. The molecule has 1 saturated heterocycles. The van der Waals surface area contributed by atoms with Crippen molar-refractivity contribution in [1.82, 2.24) is 0 Å². The lowest BCUT2D eigenvalue weighted by molar-refractivity contribution is 0.357. The highest BCUT2D eigenvalue weighted by molar-refractivity contribution is 6.33. The highest BCUT2D eigenvalue weighted by atomic mass is 35.5. The van der Waals surface area contributed by atoms with Gasteiger partial charge in [-0.05, 0) is 42.9 Å². The molecule has 0 radical (unpaired) electrons. The Kier molecular flexibility index (Phi) is 4.18. The first-order valence-electron chi connectivity index (χ1n) is 6.77. The Bertz CT molecular complexity index is 407. The molecule has 3 heteroatoms. The van der Waals surface area contributed by atoms with E-state index in [1.54, 1.807) is 0 Å². The molecule has 1 aromatic carbocycles. The first-order chi connectivity index (χ1) is 8.47. The van der Waals surface area contributed by atoms with Gasteiger partial charge < -0.3 is 10.6 Å². The standard InChI is InChI=1S/C15H23ClN2/c1-10-6-11(2)9-18(8-10)15-5-4-13(12(3)17)7-14(15)16/h4-5,7,10-12H,6,8-9,17H2,1-3H3. The molecule has 1 heterocycles. The fourth-order valence-electron chi connectivity index (χ4n) is 2.92. The summed E-state index contributed by atoms with van der Waals surface area (Å²) in [5, 5.41) is 0.825. The number of hydrogen-bond acceptors (Lipinski definition) is 2. The van der Waals surface area contributed by atoms with Crippen molar-refractivity contribution in [2.24, 2.45) is 17.6 Å². The van der Waals surface area contributed by atoms with E-state index in [1.165, 1.54) is 6.42 Å². The Labute approximate surface area is 115 Å². The van der Waals surface area contributed by atoms with E-state index in [0.717, 1.165) is 41.2 Å². The molecule has 3 atom stereocenters. The van der Waals surface area contributed by atoms with Crippen LogP contribution in [0.2, 0.25) is 5.02 Å². The van der Waals surface area contributed by atoms with Gasteiger partial charge in [-0.25, -0.2) is 0 Å². The summed E-state index contributed by atoms with van der Waals surface area (Å²) in [6, 6.07) is 6.25. The van der Waals surface area contributed by atoms with E-state index in [9.17, 15) is 0 Å². The van der Waals surface area contributed by atoms with Gasteiger partial charge in [-0.2, -0.15) is 0 Å². The van der Waals surface area contributed by atoms with Crippen molar-refractivity contribution in [3.8, 4) is 0 Å². The number of nitrogens with two attached hydrogens (primary N) is 1. The summed E-state index contributed by atoms with van der Waals surface area (Å²) < 4.78 is 0. The van der Waals surface area contributed by atoms with Crippen LogP contribution in [0, 0.1) is 11.8 Å². The fraction of sp³-hybridized carbons (Fsp3) is 0.600. The summed E-state index contributed by atoms with van der Waals surface area (Å²) in [6.45, 7) is 8.80. The molecule has 1 aliphatic rings. The van der Waals surface area contributed by atoms with Gasteiger partial charge in [0.2, 0.25) is 0 Å². The number of hydrogen-bond donors (Lipinski definition) is 1. The van der Waals surface area contributed by atoms with E-state index in [-0.39, 0.29) is 6.04 Å². The molecule has 100 valence electrons. The average molecular weight is 267 g/mol. The van der Waals surface area contributed by atoms with E-state index in [1.807, 2.05) is 13.0 Å². The lowest BCUT2D eigenvalue weighted by atomic mass is 9.91. The van der Waals surface area contributed by atoms with E-state index >= 15 is 0 Å². The van der Waals surface area contributed by atoms with Gasteiger partial charge in [-0.1, -0.05) is 31.5 Å². The number of piperidine rings is 1. The maximum Gasteiger partial charge on any atom is 0.0642 e. The molecule has 0 saturated carbocycles. The Hall–Kier alpha value is -0.730. The number of benzene rings is 1. The van der Waals surface area contributed by atoms with Gasteiger partial charge in [-0.3, -0.25) is 0 Å². The maximum absolute atomic E-state index is 6.41. The highest BCUT2D eigenvalue weighted by Gasteiger charge is 2.23. The molecule has 1 fully saturated rings. The Morgan fingerprint density at radius 3 is 2.39 bits per heavy atom. The Morgan fingerprint density at radius 1 is 1.28 bits per heavy atom. The lowest BCUT2D eigenvalue weighted by Gasteiger charge is -2.37. The quantitative estimate of drug-likeness (QED) is 0.881. The zero-order valence-corrected chi connectivity index (χ0v) is 12.2. The van der Waals surface area contributed by atoms with Gasteiger partial charge >= 0.3 is 0 Å². The summed E-state index contributed by atoms with van der Waals surface area (Å²) >= 11 is 6.41. The minimum atomic E-state index is 0.0377. The zero-order valence-electron chi connectivity index (χ0n) is 11.5. The second kappa shape index (κ2) is 5.50. The summed E-state index contributed by atoms with van der Waals surface area (Å²) in [5.74, 6) is 1.47. The fourth-order valence-corrected chi connectivity index (χ4v) is 3.23. The van der Waals surface area contributed by atoms with E-state index < -0.39 is 0 Å². The molecular weight excluding hydrogens is 244 g/mol. The van der Waals surface area contributed by atoms with Crippen LogP contribution >= 0.6 is 11.6 Å². The van der Waals surface area contributed by atoms with Crippen molar-refractivity contribution in [3.63, 3.8) is 0 Å². The van der Waals surface area contributed by atoms with Crippen molar-refractivity contribution in [2.75, 3.05) is 18.0 Å². The monoisotopic (exact) mass is 266 g/mol. The van der Waals surface area contributed by atoms with Crippen LogP contribution in [-0.4, -0.2) is 13.1 Å². The van der Waals surface area contributed by atoms with Crippen LogP contribution in [0.25, 0.3) is 0 Å². The van der Waals surface area contributed by atoms with Crippen LogP contribution in [0.15, 0.2) is 18.2 Å². The summed E-state index contributed by atoms with van der Waals surface area (Å²) in [6.07, 6.45) is 1.31. The summed E-state index contributed by atoms with van der Waals surface area (Å²) in [4.78, 5) is 2.41. The van der Waals surface area contributed by atoms with E-state index in [4.69, 9.17) is 17.3 Å². The molecule has 18 heavy (non-hydrogen) atoms. The van der Waals surface area contributed by atoms with Crippen LogP contribution in [0.5, 0.6) is 0 Å². The first kappa shape index (κ1) is 13.7. The largest absolute Gasteiger partial charge is 0.370 e. The summed E-state index contributed by atoms with van der Waals surface area (Å²) in [5.41, 5.74) is 8.13. The summed E-state index contributed by atoms with van der Waals surface area (Å²) in [7, 11) is 0. The molecule has 2 nitrogen and oxygen atoms in total. The molecule has 1 aliphatic heterocycles. The predicted molar refractivity (Wildman–Crippen MR) is 79.2 cm³/mol. The molecule has 0 amide bonds. The van der Waals surface area contributed by atoms with Crippen LogP contribution in [0.4, 0.5) is 5.69 Å². The lowest BCUT2D eigenvalue weighted by Crippen LogP contribution is -2.38. The second-order valence-electron chi connectivity index (χ2n) is 5.85. The molecule has 2 N–H and O–H groups in total. The average Bonchev–Trinajstić information content (AvgIpc) is 2.27. The van der Waals surface area contributed by atoms with Gasteiger partial charge in [0.05, 0.1) is 10.7 Å². The molecule has 3 unspecified atom stereocenters. The van der Waals surface area contributed by atoms with Crippen LogP contribution < -0.4 is 10.6 Å². The third kappa shape index (κ3) is 2.99. The SMILES string of the molecule is CC1CC(C)CN(c2ccc(C(C)N)cc2Cl)C1. The van der Waals surface area contributed by atoms with Gasteiger partial charge in [0, 0.05) is 19.1 Å². The van der Waals surface area contributed by atoms with Crippen molar-refractivity contribution < 1.29 is 0 Å². The van der Waals surface area contributed by atoms with Crippen molar-refractivity contribution in [2.45, 2.75) is 33.2 Å². The normalized spacial score (nSPS) is 26.2. The zero-order chi connectivity index (χ0) is 13.3. The second-order valence-corrected chi connectivity index (χ2v) is 6.26. The molecule has 2 rings (SSSR count). The first-order valence-corrected chi connectivity index (χ1v) is 7.15. The Balaban J connectivity index is 2.22. The third-order valence-corrected chi connectivity index (χ3v) is 4.01. The number of rotatable bonds is 2. The molecule has 1 aromatic rings. The van der Waals surface area contributed by atoms with Gasteiger partial charge in [-0.15, -0.1) is 0 Å². The topological polar surface area (TPSA) is 29.3 Å². The molecule has 0 aliphatic carbocycles. The maximum atomic E-state index is 6.41. The van der Waals surface area contributed by atoms with Crippen LogP contribution in [0.3, 0.4) is 0 Å². The van der Waals surface area contributed by atoms with Crippen molar-refractivity contribution >= 4 is 17.3 Å². The molecule has 0 bridgehead atoms. The van der Waals surface area contributed by atoms with Gasteiger partial charge in [0.1, 0.15) is 0 Å².